The van der Waals surface area contributed by atoms with Crippen LogP contribution in [-0.2, 0) is 4.79 Å². The first-order valence-corrected chi connectivity index (χ1v) is 13.0. The zero-order valence-corrected chi connectivity index (χ0v) is 22.1. The van der Waals surface area contributed by atoms with E-state index in [4.69, 9.17) is 21.1 Å². The van der Waals surface area contributed by atoms with Gasteiger partial charge in [-0.1, -0.05) is 25.4 Å². The predicted molar refractivity (Wildman–Crippen MR) is 143 cm³/mol. The minimum absolute atomic E-state index is 0.0568. The summed E-state index contributed by atoms with van der Waals surface area (Å²) in [5.74, 6) is 0.995. The normalized spacial score (nSPS) is 24.0. The molecule has 0 bridgehead atoms. The zero-order valence-electron chi connectivity index (χ0n) is 21.4. The van der Waals surface area contributed by atoms with E-state index >= 15 is 0 Å². The lowest BCUT2D eigenvalue weighted by atomic mass is 9.91. The highest BCUT2D eigenvalue weighted by atomic mass is 35.5. The number of benzene rings is 1. The van der Waals surface area contributed by atoms with Crippen LogP contribution in [0.1, 0.15) is 47.0 Å². The molecule has 3 heterocycles. The van der Waals surface area contributed by atoms with Crippen molar-refractivity contribution in [1.29, 1.82) is 0 Å². The van der Waals surface area contributed by atoms with Crippen LogP contribution in [0.4, 0.5) is 11.4 Å². The second kappa shape index (κ2) is 11.4. The average Bonchev–Trinajstić information content (AvgIpc) is 3.16. The summed E-state index contributed by atoms with van der Waals surface area (Å²) in [5.41, 5.74) is 2.80. The summed E-state index contributed by atoms with van der Waals surface area (Å²) in [6, 6.07) is 9.55. The van der Waals surface area contributed by atoms with Crippen LogP contribution < -0.4 is 19.4 Å². The van der Waals surface area contributed by atoms with Gasteiger partial charge in [-0.3, -0.25) is 9.80 Å². The summed E-state index contributed by atoms with van der Waals surface area (Å²) in [4.78, 5) is 18.0. The van der Waals surface area contributed by atoms with Gasteiger partial charge >= 0.3 is 5.97 Å². The number of hydrazone groups is 1. The third-order valence-electron chi connectivity index (χ3n) is 7.06. The van der Waals surface area contributed by atoms with Gasteiger partial charge in [-0.2, -0.15) is 5.10 Å². The number of carbonyl (C=O) groups is 1. The van der Waals surface area contributed by atoms with Crippen LogP contribution >= 0.6 is 11.6 Å². The summed E-state index contributed by atoms with van der Waals surface area (Å²) in [6.45, 7) is 10.4. The fourth-order valence-corrected chi connectivity index (χ4v) is 5.46. The molecule has 0 amide bonds. The summed E-state index contributed by atoms with van der Waals surface area (Å²) in [7, 11) is 0. The van der Waals surface area contributed by atoms with Crippen molar-refractivity contribution in [2.24, 2.45) is 16.9 Å². The van der Waals surface area contributed by atoms with E-state index in [1.54, 1.807) is 6.20 Å². The second-order valence-electron chi connectivity index (χ2n) is 9.54. The quantitative estimate of drug-likeness (QED) is 0.473. The predicted octanol–water partition coefficient (Wildman–Crippen LogP) is 5.49. The molecule has 36 heavy (non-hydrogen) atoms. The molecule has 4 unspecified atom stereocenters. The Kier molecular flexibility index (Phi) is 8.24. The molecule has 0 aliphatic carbocycles. The molecule has 1 fully saturated rings. The summed E-state index contributed by atoms with van der Waals surface area (Å²) < 4.78 is 11.9. The lowest BCUT2D eigenvalue weighted by Crippen LogP contribution is -2.44. The fourth-order valence-electron chi connectivity index (χ4n) is 5.24. The maximum Gasteiger partial charge on any atom is 0.305 e. The van der Waals surface area contributed by atoms with E-state index in [1.807, 2.05) is 49.2 Å². The Hall–Kier alpha value is -3.00. The van der Waals surface area contributed by atoms with E-state index in [0.29, 0.717) is 17.5 Å². The number of anilines is 2. The average molecular weight is 515 g/mol. The Labute approximate surface area is 217 Å². The molecule has 1 aromatic heterocycles. The van der Waals surface area contributed by atoms with Crippen molar-refractivity contribution in [1.82, 2.24) is 4.98 Å². The number of piperidine rings is 1. The highest BCUT2D eigenvalue weighted by molar-refractivity contribution is 6.33. The molecule has 2 aromatic rings. The molecule has 2 aliphatic heterocycles. The third kappa shape index (κ3) is 5.69. The third-order valence-corrected chi connectivity index (χ3v) is 7.35. The van der Waals surface area contributed by atoms with Crippen molar-refractivity contribution in [2.45, 2.75) is 59.1 Å². The Bertz CT molecular complexity index is 1090. The molecule has 4 atom stereocenters. The largest absolute Gasteiger partial charge is 0.490 e. The number of ether oxygens (including phenoxy) is 2. The smallest absolute Gasteiger partial charge is 0.305 e. The number of aliphatic carboxylic acids is 1. The van der Waals surface area contributed by atoms with Gasteiger partial charge in [-0.05, 0) is 44.5 Å². The Morgan fingerprint density at radius 2 is 2.00 bits per heavy atom. The minimum Gasteiger partial charge on any atom is -0.490 e. The van der Waals surface area contributed by atoms with Gasteiger partial charge in [-0.15, -0.1) is 0 Å². The van der Waals surface area contributed by atoms with E-state index < -0.39 is 5.97 Å². The van der Waals surface area contributed by atoms with Crippen LogP contribution in [-0.4, -0.2) is 53.6 Å². The Balaban J connectivity index is 1.40. The van der Waals surface area contributed by atoms with Crippen molar-refractivity contribution in [3.63, 3.8) is 0 Å². The van der Waals surface area contributed by atoms with Crippen LogP contribution in [0.2, 0.25) is 5.02 Å². The molecule has 0 spiro atoms. The maximum absolute atomic E-state index is 11.5. The van der Waals surface area contributed by atoms with Crippen molar-refractivity contribution in [3.8, 4) is 11.6 Å². The lowest BCUT2D eigenvalue weighted by molar-refractivity contribution is -0.137. The fraction of sp³-hybridized carbons (Fsp3) is 0.519. The lowest BCUT2D eigenvalue weighted by Gasteiger charge is -2.38. The van der Waals surface area contributed by atoms with Gasteiger partial charge in [0.25, 0.3) is 0 Å². The molecule has 1 saturated heterocycles. The standard InChI is InChI=1S/C27H35ClN4O4/c1-5-21-18(4)30-32(23(21)14-27(33)34)19-7-9-20(10-8-19)36-25-11-12-31(16-17(25)3)24-13-26(35-6-2)29-15-22(24)28/h7-10,13,15,17,21,23,25H,5-6,11-12,14,16H2,1-4H3,(H,33,34). The number of hydrogen-bond acceptors (Lipinski definition) is 7. The molecule has 0 saturated carbocycles. The molecule has 2 aliphatic rings. The second-order valence-corrected chi connectivity index (χ2v) is 9.94. The van der Waals surface area contributed by atoms with E-state index in [9.17, 15) is 9.90 Å². The van der Waals surface area contributed by atoms with E-state index in [2.05, 4.69) is 28.8 Å². The summed E-state index contributed by atoms with van der Waals surface area (Å²) in [6.07, 6.45) is 3.50. The van der Waals surface area contributed by atoms with E-state index in [-0.39, 0.29) is 30.4 Å². The Morgan fingerprint density at radius 3 is 2.64 bits per heavy atom. The highest BCUT2D eigenvalue weighted by Gasteiger charge is 2.36. The van der Waals surface area contributed by atoms with Gasteiger partial charge in [0.05, 0.1) is 41.7 Å². The molecule has 4 rings (SSSR count). The van der Waals surface area contributed by atoms with Crippen LogP contribution in [0.15, 0.2) is 41.6 Å². The number of rotatable bonds is 9. The Morgan fingerprint density at radius 1 is 1.25 bits per heavy atom. The zero-order chi connectivity index (χ0) is 25.8. The molecule has 9 heteroatoms. The van der Waals surface area contributed by atoms with E-state index in [0.717, 1.165) is 48.8 Å². The van der Waals surface area contributed by atoms with Crippen molar-refractivity contribution in [2.75, 3.05) is 29.6 Å². The number of halogens is 1. The minimum atomic E-state index is -0.809. The van der Waals surface area contributed by atoms with Crippen molar-refractivity contribution < 1.29 is 19.4 Å². The molecular weight excluding hydrogens is 480 g/mol. The van der Waals surface area contributed by atoms with Gasteiger partial charge in [-0.25, -0.2) is 4.98 Å². The molecule has 0 radical (unpaired) electrons. The topological polar surface area (TPSA) is 87.5 Å². The molecular formula is C27H35ClN4O4. The van der Waals surface area contributed by atoms with Gasteiger partial charge in [0, 0.05) is 43.1 Å². The number of carboxylic acid groups (broad SMARTS) is 1. The first-order chi connectivity index (χ1) is 17.3. The number of pyridine rings is 1. The molecule has 194 valence electrons. The number of hydrogen-bond donors (Lipinski definition) is 1. The summed E-state index contributed by atoms with van der Waals surface area (Å²) >= 11 is 6.44. The SMILES string of the molecule is CCOc1cc(N2CCC(Oc3ccc(N4N=C(C)C(CC)C4CC(=O)O)cc3)C(C)C2)c(Cl)cn1. The number of nitrogens with zero attached hydrogens (tertiary/aromatic N) is 4. The van der Waals surface area contributed by atoms with Gasteiger partial charge in [0.1, 0.15) is 11.9 Å². The van der Waals surface area contributed by atoms with Crippen LogP contribution in [0, 0.1) is 11.8 Å². The van der Waals surface area contributed by atoms with Crippen LogP contribution in [0.25, 0.3) is 0 Å². The first-order valence-electron chi connectivity index (χ1n) is 12.7. The van der Waals surface area contributed by atoms with Crippen LogP contribution in [0.3, 0.4) is 0 Å². The van der Waals surface area contributed by atoms with E-state index in [1.165, 1.54) is 0 Å². The summed E-state index contributed by atoms with van der Waals surface area (Å²) in [5, 5.41) is 16.6. The van der Waals surface area contributed by atoms with Crippen molar-refractivity contribution in [3.05, 3.63) is 41.6 Å². The highest BCUT2D eigenvalue weighted by Crippen LogP contribution is 2.35. The number of aromatic nitrogens is 1. The molecule has 1 N–H and O–H groups in total. The van der Waals surface area contributed by atoms with Gasteiger partial charge in [0.2, 0.25) is 5.88 Å². The molecule has 8 nitrogen and oxygen atoms in total. The first kappa shape index (κ1) is 26.1. The van der Waals surface area contributed by atoms with Gasteiger partial charge in [0.15, 0.2) is 0 Å². The number of carboxylic acids is 1. The van der Waals surface area contributed by atoms with Crippen LogP contribution in [0.5, 0.6) is 11.6 Å². The maximum atomic E-state index is 11.5. The monoisotopic (exact) mass is 514 g/mol. The van der Waals surface area contributed by atoms with Gasteiger partial charge < -0.3 is 19.5 Å². The molecule has 1 aromatic carbocycles. The van der Waals surface area contributed by atoms with Crippen molar-refractivity contribution >= 4 is 34.7 Å².